The first-order valence-corrected chi connectivity index (χ1v) is 16.4. The van der Waals surface area contributed by atoms with Crippen LogP contribution in [0.5, 0.6) is 5.75 Å². The van der Waals surface area contributed by atoms with Crippen molar-refractivity contribution in [3.05, 3.63) is 59.4 Å². The lowest BCUT2D eigenvalue weighted by molar-refractivity contribution is -0.119. The summed E-state index contributed by atoms with van der Waals surface area (Å²) in [6.45, 7) is 11.3. The molecule has 43 heavy (non-hydrogen) atoms. The highest BCUT2D eigenvalue weighted by Crippen LogP contribution is 2.26. The molecule has 0 saturated carbocycles. The number of sulfonamides is 1. The fourth-order valence-corrected chi connectivity index (χ4v) is 6.76. The van der Waals surface area contributed by atoms with Crippen molar-refractivity contribution in [2.75, 3.05) is 26.2 Å². The molecular weight excluding hydrogens is 573 g/mol. The summed E-state index contributed by atoms with van der Waals surface area (Å²) in [7, 11) is -3.84. The number of carbonyl (C=O) groups is 2. The molecular formula is C32H46FN3O6S. The molecule has 1 aliphatic heterocycles. The highest BCUT2D eigenvalue weighted by atomic mass is 32.2. The number of ether oxygens (including phenoxy) is 2. The van der Waals surface area contributed by atoms with Gasteiger partial charge in [-0.1, -0.05) is 31.9 Å². The van der Waals surface area contributed by atoms with E-state index in [9.17, 15) is 22.4 Å². The van der Waals surface area contributed by atoms with Crippen LogP contribution in [0.4, 0.5) is 9.18 Å². The quantitative estimate of drug-likeness (QED) is 0.317. The molecule has 3 rings (SSSR count). The third-order valence-electron chi connectivity index (χ3n) is 7.09. The lowest BCUT2D eigenvalue weighted by Crippen LogP contribution is -2.58. The highest BCUT2D eigenvalue weighted by molar-refractivity contribution is 7.89. The van der Waals surface area contributed by atoms with Crippen molar-refractivity contribution in [3.8, 4) is 5.75 Å². The number of aryl methyl sites for hydroxylation is 1. The second-order valence-corrected chi connectivity index (χ2v) is 14.1. The van der Waals surface area contributed by atoms with Crippen LogP contribution >= 0.6 is 0 Å². The summed E-state index contributed by atoms with van der Waals surface area (Å²) >= 11 is 0. The molecule has 2 atom stereocenters. The average Bonchev–Trinajstić information content (AvgIpc) is 2.89. The summed E-state index contributed by atoms with van der Waals surface area (Å²) in [4.78, 5) is 27.2. The van der Waals surface area contributed by atoms with Crippen molar-refractivity contribution in [1.29, 1.82) is 0 Å². The lowest BCUT2D eigenvalue weighted by atomic mass is 9.97. The Hall–Kier alpha value is -3.18. The van der Waals surface area contributed by atoms with Crippen LogP contribution in [-0.2, 0) is 26.0 Å². The lowest BCUT2D eigenvalue weighted by Gasteiger charge is -2.42. The Morgan fingerprint density at radius 1 is 1.12 bits per heavy atom. The van der Waals surface area contributed by atoms with Crippen molar-refractivity contribution in [1.82, 2.24) is 14.5 Å². The highest BCUT2D eigenvalue weighted by Gasteiger charge is 2.39. The number of hydrogen-bond donors (Lipinski definition) is 1. The van der Waals surface area contributed by atoms with Gasteiger partial charge < -0.3 is 19.7 Å². The summed E-state index contributed by atoms with van der Waals surface area (Å²) in [5, 5.41) is 2.93. The molecule has 0 unspecified atom stereocenters. The van der Waals surface area contributed by atoms with Crippen LogP contribution in [0.25, 0.3) is 0 Å². The van der Waals surface area contributed by atoms with Crippen LogP contribution in [0.1, 0.15) is 71.4 Å². The zero-order chi connectivity index (χ0) is 31.8. The van der Waals surface area contributed by atoms with E-state index in [0.717, 1.165) is 24.8 Å². The summed E-state index contributed by atoms with van der Waals surface area (Å²) in [6, 6.07) is 10.1. The molecule has 11 heteroatoms. The van der Waals surface area contributed by atoms with E-state index in [-0.39, 0.29) is 43.3 Å². The van der Waals surface area contributed by atoms with Gasteiger partial charge in [0, 0.05) is 38.7 Å². The Morgan fingerprint density at radius 2 is 1.86 bits per heavy atom. The van der Waals surface area contributed by atoms with Gasteiger partial charge in [-0.25, -0.2) is 17.6 Å². The van der Waals surface area contributed by atoms with Crippen molar-refractivity contribution >= 4 is 22.0 Å². The number of halogens is 1. The monoisotopic (exact) mass is 619 g/mol. The first kappa shape index (κ1) is 34.3. The zero-order valence-corrected chi connectivity index (χ0v) is 27.0. The topological polar surface area (TPSA) is 105 Å². The van der Waals surface area contributed by atoms with Gasteiger partial charge in [0.15, 0.2) is 0 Å². The van der Waals surface area contributed by atoms with Crippen LogP contribution in [0.3, 0.4) is 0 Å². The summed E-state index contributed by atoms with van der Waals surface area (Å²) in [6.07, 6.45) is 2.84. The minimum absolute atomic E-state index is 0.0144. The standard InChI is InChI=1S/C32H46FN3O6S/c1-7-8-9-15-41-29-19-25(17-26(33)20-29)18-27(34-24(3)37)21-28-22-35(13-14-36(28)31(38)42-32(4,5)6)43(39,40)30-12-10-11-23(2)16-30/h10-12,16-17,19-20,27-28H,7-9,13-15,18,21-22H2,1-6H3,(H,34,37)/t27-,28-/m0/s1. The van der Waals surface area contributed by atoms with E-state index < -0.39 is 39.6 Å². The van der Waals surface area contributed by atoms with Crippen molar-refractivity contribution in [2.45, 2.75) is 96.2 Å². The van der Waals surface area contributed by atoms with Gasteiger partial charge in [0.2, 0.25) is 15.9 Å². The maximum Gasteiger partial charge on any atom is 0.410 e. The third kappa shape index (κ3) is 10.5. The Bertz CT molecular complexity index is 1360. The average molecular weight is 620 g/mol. The molecule has 1 N–H and O–H groups in total. The molecule has 0 radical (unpaired) electrons. The Balaban J connectivity index is 1.88. The second-order valence-electron chi connectivity index (χ2n) is 12.2. The second kappa shape index (κ2) is 15.0. The fourth-order valence-electron chi connectivity index (χ4n) is 5.19. The molecule has 0 aromatic heterocycles. The van der Waals surface area contributed by atoms with E-state index in [1.165, 1.54) is 28.3 Å². The minimum atomic E-state index is -3.84. The van der Waals surface area contributed by atoms with Crippen molar-refractivity contribution in [2.24, 2.45) is 0 Å². The number of piperazine rings is 1. The van der Waals surface area contributed by atoms with Gasteiger partial charge in [0.05, 0.1) is 17.5 Å². The molecule has 1 heterocycles. The van der Waals surface area contributed by atoms with E-state index in [2.05, 4.69) is 12.2 Å². The Labute approximate surface area is 255 Å². The van der Waals surface area contributed by atoms with Gasteiger partial charge in [0.1, 0.15) is 17.2 Å². The Morgan fingerprint density at radius 3 is 2.51 bits per heavy atom. The molecule has 2 aromatic carbocycles. The smallest absolute Gasteiger partial charge is 0.410 e. The number of nitrogens with zero attached hydrogens (tertiary/aromatic N) is 2. The van der Waals surface area contributed by atoms with Crippen molar-refractivity contribution in [3.63, 3.8) is 0 Å². The molecule has 238 valence electrons. The largest absolute Gasteiger partial charge is 0.493 e. The van der Waals surface area contributed by atoms with Crippen LogP contribution in [0.15, 0.2) is 47.4 Å². The summed E-state index contributed by atoms with van der Waals surface area (Å²) in [5.41, 5.74) is 0.686. The maximum atomic E-state index is 14.6. The van der Waals surface area contributed by atoms with Gasteiger partial charge in [0.25, 0.3) is 0 Å². The summed E-state index contributed by atoms with van der Waals surface area (Å²) < 4.78 is 54.6. The fraction of sp³-hybridized carbons (Fsp3) is 0.562. The molecule has 2 amide bonds. The molecule has 1 fully saturated rings. The predicted molar refractivity (Wildman–Crippen MR) is 164 cm³/mol. The number of hydrogen-bond acceptors (Lipinski definition) is 6. The van der Waals surface area contributed by atoms with Gasteiger partial charge in [-0.2, -0.15) is 4.31 Å². The molecule has 1 saturated heterocycles. The van der Waals surface area contributed by atoms with E-state index in [1.54, 1.807) is 45.0 Å². The first-order chi connectivity index (χ1) is 20.2. The molecule has 0 aliphatic carbocycles. The summed E-state index contributed by atoms with van der Waals surface area (Å²) in [5.74, 6) is -0.328. The van der Waals surface area contributed by atoms with E-state index in [0.29, 0.717) is 17.9 Å². The van der Waals surface area contributed by atoms with Gasteiger partial charge >= 0.3 is 6.09 Å². The van der Waals surface area contributed by atoms with Gasteiger partial charge in [-0.3, -0.25) is 4.79 Å². The van der Waals surface area contributed by atoms with E-state index in [1.807, 2.05) is 13.0 Å². The van der Waals surface area contributed by atoms with Crippen LogP contribution in [0.2, 0.25) is 0 Å². The SMILES string of the molecule is CCCCCOc1cc(F)cc(C[C@@H](C[C@H]2CN(S(=O)(=O)c3cccc(C)c3)CCN2C(=O)OC(C)(C)C)NC(C)=O)c1. The maximum absolute atomic E-state index is 14.6. The number of rotatable bonds is 12. The third-order valence-corrected chi connectivity index (χ3v) is 8.96. The minimum Gasteiger partial charge on any atom is -0.493 e. The number of nitrogens with one attached hydrogen (secondary N) is 1. The van der Waals surface area contributed by atoms with Gasteiger partial charge in [-0.05, 0) is 82.3 Å². The molecule has 2 aromatic rings. The first-order valence-electron chi connectivity index (χ1n) is 14.9. The molecule has 1 aliphatic rings. The number of amides is 2. The number of unbranched alkanes of at least 4 members (excludes halogenated alkanes) is 2. The van der Waals surface area contributed by atoms with Crippen LogP contribution in [0, 0.1) is 12.7 Å². The van der Waals surface area contributed by atoms with Crippen LogP contribution in [-0.4, -0.2) is 73.5 Å². The molecule has 0 spiro atoms. The van der Waals surface area contributed by atoms with Crippen LogP contribution < -0.4 is 10.1 Å². The molecule has 9 nitrogen and oxygen atoms in total. The molecule has 0 bridgehead atoms. The van der Waals surface area contributed by atoms with E-state index >= 15 is 0 Å². The Kier molecular flexibility index (Phi) is 12.0. The zero-order valence-electron chi connectivity index (χ0n) is 26.2. The number of benzene rings is 2. The van der Waals surface area contributed by atoms with E-state index in [4.69, 9.17) is 9.47 Å². The normalized spacial score (nSPS) is 16.9. The van der Waals surface area contributed by atoms with Gasteiger partial charge in [-0.15, -0.1) is 0 Å². The van der Waals surface area contributed by atoms with Crippen molar-refractivity contribution < 1.29 is 31.9 Å². The predicted octanol–water partition coefficient (Wildman–Crippen LogP) is 5.45. The number of carbonyl (C=O) groups excluding carboxylic acids is 2.